The lowest BCUT2D eigenvalue weighted by Crippen LogP contribution is -2.30. The Balaban J connectivity index is 2.60. The highest BCUT2D eigenvalue weighted by Gasteiger charge is 2.14. The van der Waals surface area contributed by atoms with Crippen LogP contribution in [0, 0.1) is 5.92 Å². The highest BCUT2D eigenvalue weighted by molar-refractivity contribution is 6.34. The highest BCUT2D eigenvalue weighted by Crippen LogP contribution is 2.16. The predicted octanol–water partition coefficient (Wildman–Crippen LogP) is 2.23. The number of carboxylic acid groups (broad SMARTS) is 1. The van der Waals surface area contributed by atoms with E-state index in [4.69, 9.17) is 28.3 Å². The molecule has 1 atom stereocenters. The summed E-state index contributed by atoms with van der Waals surface area (Å²) in [4.78, 5) is 26.0. The van der Waals surface area contributed by atoms with Gasteiger partial charge in [-0.15, -0.1) is 0 Å². The second-order valence-corrected chi connectivity index (χ2v) is 4.67. The molecule has 18 heavy (non-hydrogen) atoms. The van der Waals surface area contributed by atoms with E-state index in [0.29, 0.717) is 0 Å². The molecule has 0 spiro atoms. The molecule has 0 radical (unpaired) electrons. The molecule has 0 saturated heterocycles. The molecule has 1 aromatic rings. The van der Waals surface area contributed by atoms with E-state index in [1.807, 2.05) is 0 Å². The predicted molar refractivity (Wildman–Crippen MR) is 68.0 cm³/mol. The van der Waals surface area contributed by atoms with Gasteiger partial charge in [0.25, 0.3) is 5.91 Å². The molecule has 0 aliphatic carbocycles. The summed E-state index contributed by atoms with van der Waals surface area (Å²) < 4.78 is 0. The number of amides is 1. The van der Waals surface area contributed by atoms with Gasteiger partial charge < -0.3 is 10.4 Å². The number of hydrogen-bond donors (Lipinski definition) is 2. The molecular weight excluding hydrogens is 279 g/mol. The van der Waals surface area contributed by atoms with Gasteiger partial charge in [-0.1, -0.05) is 30.1 Å². The minimum Gasteiger partial charge on any atom is -0.481 e. The van der Waals surface area contributed by atoms with Gasteiger partial charge in [0.15, 0.2) is 0 Å². The van der Waals surface area contributed by atoms with Crippen LogP contribution in [0.5, 0.6) is 0 Å². The summed E-state index contributed by atoms with van der Waals surface area (Å²) in [5, 5.41) is 11.5. The third-order valence-electron chi connectivity index (χ3n) is 2.16. The number of carboxylic acids is 1. The van der Waals surface area contributed by atoms with Crippen LogP contribution in [0.1, 0.15) is 23.8 Å². The quantitative estimate of drug-likeness (QED) is 0.815. The highest BCUT2D eigenvalue weighted by atomic mass is 35.5. The molecule has 1 aromatic heterocycles. The lowest BCUT2D eigenvalue weighted by molar-refractivity contribution is -0.137. The minimum atomic E-state index is -0.907. The number of rotatable bonds is 5. The molecule has 1 unspecified atom stereocenters. The molecule has 1 amide bonds. The monoisotopic (exact) mass is 290 g/mol. The smallest absolute Gasteiger partial charge is 0.303 e. The number of halogens is 2. The Labute approximate surface area is 114 Å². The van der Waals surface area contributed by atoms with Crippen molar-refractivity contribution >= 4 is 35.1 Å². The maximum atomic E-state index is 11.7. The Morgan fingerprint density at radius 2 is 2.11 bits per heavy atom. The zero-order valence-electron chi connectivity index (χ0n) is 9.61. The normalized spacial score (nSPS) is 11.9. The van der Waals surface area contributed by atoms with Crippen LogP contribution in [-0.2, 0) is 4.79 Å². The van der Waals surface area contributed by atoms with Crippen molar-refractivity contribution in [3.05, 3.63) is 28.0 Å². The molecule has 0 fully saturated rings. The zero-order valence-corrected chi connectivity index (χ0v) is 11.1. The Morgan fingerprint density at radius 3 is 2.72 bits per heavy atom. The first kappa shape index (κ1) is 14.7. The van der Waals surface area contributed by atoms with Gasteiger partial charge in [0, 0.05) is 13.0 Å². The number of aromatic nitrogens is 1. The van der Waals surface area contributed by atoms with E-state index in [-0.39, 0.29) is 34.8 Å². The molecule has 98 valence electrons. The van der Waals surface area contributed by atoms with Crippen LogP contribution < -0.4 is 5.32 Å². The van der Waals surface area contributed by atoms with Crippen molar-refractivity contribution in [1.82, 2.24) is 10.3 Å². The van der Waals surface area contributed by atoms with Crippen molar-refractivity contribution in [2.24, 2.45) is 5.92 Å². The molecule has 0 aliphatic rings. The summed E-state index contributed by atoms with van der Waals surface area (Å²) in [6.07, 6.45) is -0.0169. The van der Waals surface area contributed by atoms with Gasteiger partial charge >= 0.3 is 5.97 Å². The number of nitrogens with one attached hydrogen (secondary N) is 1. The van der Waals surface area contributed by atoms with Crippen molar-refractivity contribution in [1.29, 1.82) is 0 Å². The van der Waals surface area contributed by atoms with Crippen LogP contribution in [-0.4, -0.2) is 28.5 Å². The second kappa shape index (κ2) is 6.56. The number of carbonyl (C=O) groups is 2. The van der Waals surface area contributed by atoms with Crippen LogP contribution in [0.3, 0.4) is 0 Å². The van der Waals surface area contributed by atoms with Crippen molar-refractivity contribution in [2.45, 2.75) is 13.3 Å². The number of pyridine rings is 1. The average Bonchev–Trinajstić information content (AvgIpc) is 2.28. The van der Waals surface area contributed by atoms with Gasteiger partial charge in [0.1, 0.15) is 10.8 Å². The van der Waals surface area contributed by atoms with E-state index >= 15 is 0 Å². The van der Waals surface area contributed by atoms with E-state index in [0.717, 1.165) is 0 Å². The fourth-order valence-corrected chi connectivity index (χ4v) is 1.64. The topological polar surface area (TPSA) is 79.3 Å². The third-order valence-corrected chi connectivity index (χ3v) is 2.68. The first-order valence-electron chi connectivity index (χ1n) is 5.22. The second-order valence-electron chi connectivity index (χ2n) is 3.88. The Morgan fingerprint density at radius 1 is 1.44 bits per heavy atom. The maximum Gasteiger partial charge on any atom is 0.303 e. The first-order chi connectivity index (χ1) is 8.40. The fourth-order valence-electron chi connectivity index (χ4n) is 1.30. The van der Waals surface area contributed by atoms with Crippen LogP contribution in [0.25, 0.3) is 0 Å². The molecular formula is C11H12Cl2N2O3. The van der Waals surface area contributed by atoms with Crippen molar-refractivity contribution in [2.75, 3.05) is 6.54 Å². The zero-order chi connectivity index (χ0) is 13.7. The minimum absolute atomic E-state index is 0.0169. The van der Waals surface area contributed by atoms with Gasteiger partial charge in [-0.2, -0.15) is 0 Å². The third kappa shape index (κ3) is 4.50. The first-order valence-corrected chi connectivity index (χ1v) is 5.97. The lowest BCUT2D eigenvalue weighted by atomic mass is 10.1. The average molecular weight is 291 g/mol. The molecule has 7 heteroatoms. The summed E-state index contributed by atoms with van der Waals surface area (Å²) in [7, 11) is 0. The summed E-state index contributed by atoms with van der Waals surface area (Å²) in [6.45, 7) is 1.96. The standard InChI is InChI=1S/C11H12Cl2N2O3/c1-6(4-9(16)17)5-14-11(18)10-7(12)2-3-8(13)15-10/h2-3,6H,4-5H2,1H3,(H,14,18)(H,16,17). The summed E-state index contributed by atoms with van der Waals surface area (Å²) in [5.41, 5.74) is 0.0340. The van der Waals surface area contributed by atoms with Gasteiger partial charge in [0.2, 0.25) is 0 Å². The van der Waals surface area contributed by atoms with Gasteiger partial charge in [-0.05, 0) is 18.1 Å². The van der Waals surface area contributed by atoms with Crippen LogP contribution in [0.2, 0.25) is 10.2 Å². The van der Waals surface area contributed by atoms with Crippen molar-refractivity contribution < 1.29 is 14.7 Å². The van der Waals surface area contributed by atoms with E-state index in [1.165, 1.54) is 12.1 Å². The molecule has 1 rings (SSSR count). The largest absolute Gasteiger partial charge is 0.481 e. The number of hydrogen-bond acceptors (Lipinski definition) is 3. The molecule has 0 aromatic carbocycles. The van der Waals surface area contributed by atoms with Crippen molar-refractivity contribution in [3.63, 3.8) is 0 Å². The van der Waals surface area contributed by atoms with Gasteiger partial charge in [0.05, 0.1) is 5.02 Å². The summed E-state index contributed by atoms with van der Waals surface area (Å²) in [6, 6.07) is 2.96. The van der Waals surface area contributed by atoms with Crippen LogP contribution in [0.4, 0.5) is 0 Å². The fraction of sp³-hybridized carbons (Fsp3) is 0.364. The lowest BCUT2D eigenvalue weighted by Gasteiger charge is -2.10. The maximum absolute atomic E-state index is 11.7. The van der Waals surface area contributed by atoms with Crippen molar-refractivity contribution in [3.8, 4) is 0 Å². The van der Waals surface area contributed by atoms with E-state index < -0.39 is 11.9 Å². The van der Waals surface area contributed by atoms with Gasteiger partial charge in [-0.3, -0.25) is 9.59 Å². The Bertz CT molecular complexity index is 466. The number of aliphatic carboxylic acids is 1. The molecule has 0 aliphatic heterocycles. The summed E-state index contributed by atoms with van der Waals surface area (Å²) in [5.74, 6) is -1.56. The Kier molecular flexibility index (Phi) is 5.37. The van der Waals surface area contributed by atoms with E-state index in [9.17, 15) is 9.59 Å². The van der Waals surface area contributed by atoms with E-state index in [1.54, 1.807) is 6.92 Å². The number of nitrogens with zero attached hydrogens (tertiary/aromatic N) is 1. The van der Waals surface area contributed by atoms with Gasteiger partial charge in [-0.25, -0.2) is 4.98 Å². The molecule has 1 heterocycles. The summed E-state index contributed by atoms with van der Waals surface area (Å²) >= 11 is 11.5. The van der Waals surface area contributed by atoms with E-state index in [2.05, 4.69) is 10.3 Å². The van der Waals surface area contributed by atoms with Crippen LogP contribution >= 0.6 is 23.2 Å². The SMILES string of the molecule is CC(CNC(=O)c1nc(Cl)ccc1Cl)CC(=O)O. The van der Waals surface area contributed by atoms with Crippen LogP contribution in [0.15, 0.2) is 12.1 Å². The number of carbonyl (C=O) groups excluding carboxylic acids is 1. The Hall–Kier alpha value is -1.33. The molecule has 5 nitrogen and oxygen atoms in total. The molecule has 0 saturated carbocycles. The molecule has 2 N–H and O–H groups in total. The molecule has 0 bridgehead atoms.